The lowest BCUT2D eigenvalue weighted by molar-refractivity contribution is -0.274. The fraction of sp³-hybridized carbons (Fsp3) is 0.143. The molecule has 7 heteroatoms. The van der Waals surface area contributed by atoms with Gasteiger partial charge in [0.25, 0.3) is 0 Å². The number of nitrogens with two attached hydrogens (primary N) is 1. The van der Waals surface area contributed by atoms with Crippen molar-refractivity contribution in [3.8, 4) is 5.75 Å². The van der Waals surface area contributed by atoms with Gasteiger partial charge in [0.1, 0.15) is 5.75 Å². The lowest BCUT2D eigenvalue weighted by Crippen LogP contribution is -2.17. The van der Waals surface area contributed by atoms with Gasteiger partial charge in [0, 0.05) is 0 Å². The van der Waals surface area contributed by atoms with Crippen LogP contribution in [0.3, 0.4) is 0 Å². The maximum absolute atomic E-state index is 12.1. The van der Waals surface area contributed by atoms with Gasteiger partial charge in [-0.15, -0.1) is 13.2 Å². The summed E-state index contributed by atoms with van der Waals surface area (Å²) < 4.78 is 40.0. The molecule has 112 valence electrons. The summed E-state index contributed by atoms with van der Waals surface area (Å²) in [5.41, 5.74) is 7.38. The van der Waals surface area contributed by atoms with Crippen LogP contribution in [0.25, 0.3) is 0 Å². The Bertz CT molecular complexity index is 629. The summed E-state index contributed by atoms with van der Waals surface area (Å²) in [7, 11) is 0. The molecule has 0 aromatic heterocycles. The van der Waals surface area contributed by atoms with Gasteiger partial charge in [-0.3, -0.25) is 0 Å². The topological polar surface area (TPSA) is 35.2 Å². The lowest BCUT2D eigenvalue weighted by Gasteiger charge is -2.14. The zero-order valence-electron chi connectivity index (χ0n) is 10.5. The number of benzene rings is 2. The van der Waals surface area contributed by atoms with Crippen LogP contribution < -0.4 is 10.5 Å². The van der Waals surface area contributed by atoms with Gasteiger partial charge >= 0.3 is 6.36 Å². The van der Waals surface area contributed by atoms with E-state index in [1.165, 1.54) is 24.3 Å². The van der Waals surface area contributed by atoms with E-state index >= 15 is 0 Å². The second kappa shape index (κ2) is 6.13. The Balaban J connectivity index is 2.19. The average Bonchev–Trinajstić information content (AvgIpc) is 2.40. The van der Waals surface area contributed by atoms with Gasteiger partial charge in [0.15, 0.2) is 0 Å². The molecule has 0 heterocycles. The van der Waals surface area contributed by atoms with Crippen molar-refractivity contribution >= 4 is 23.2 Å². The second-order valence-electron chi connectivity index (χ2n) is 4.27. The van der Waals surface area contributed by atoms with Crippen molar-refractivity contribution in [2.75, 3.05) is 0 Å². The number of hydrogen-bond donors (Lipinski definition) is 1. The third kappa shape index (κ3) is 4.27. The summed E-state index contributed by atoms with van der Waals surface area (Å²) in [6.45, 7) is 0. The molecule has 0 aliphatic rings. The highest BCUT2D eigenvalue weighted by molar-refractivity contribution is 6.42. The Kier molecular flexibility index (Phi) is 4.66. The molecule has 2 N–H and O–H groups in total. The Morgan fingerprint density at radius 2 is 1.48 bits per heavy atom. The molecule has 0 amide bonds. The number of rotatable bonds is 3. The van der Waals surface area contributed by atoms with Crippen molar-refractivity contribution in [3.63, 3.8) is 0 Å². The summed E-state index contributed by atoms with van der Waals surface area (Å²) in [6.07, 6.45) is -4.71. The molecule has 21 heavy (non-hydrogen) atoms. The van der Waals surface area contributed by atoms with Crippen LogP contribution in [0.5, 0.6) is 5.75 Å². The molecule has 0 aliphatic heterocycles. The first kappa shape index (κ1) is 15.9. The molecule has 1 atom stereocenters. The minimum absolute atomic E-state index is 0.299. The van der Waals surface area contributed by atoms with Crippen molar-refractivity contribution in [3.05, 3.63) is 63.6 Å². The quantitative estimate of drug-likeness (QED) is 0.862. The van der Waals surface area contributed by atoms with E-state index in [2.05, 4.69) is 4.74 Å². The van der Waals surface area contributed by atoms with Gasteiger partial charge in [-0.2, -0.15) is 0 Å². The van der Waals surface area contributed by atoms with Crippen LogP contribution in [0.1, 0.15) is 17.2 Å². The predicted octanol–water partition coefficient (Wildman–Crippen LogP) is 4.94. The van der Waals surface area contributed by atoms with E-state index < -0.39 is 12.4 Å². The van der Waals surface area contributed by atoms with Crippen LogP contribution in [-0.4, -0.2) is 6.36 Å². The number of halogens is 5. The third-order valence-electron chi connectivity index (χ3n) is 2.78. The summed E-state index contributed by atoms with van der Waals surface area (Å²) in [5.74, 6) is -0.299. The van der Waals surface area contributed by atoms with Gasteiger partial charge in [-0.05, 0) is 35.4 Å². The van der Waals surface area contributed by atoms with E-state index in [-0.39, 0.29) is 5.75 Å². The average molecular weight is 336 g/mol. The minimum Gasteiger partial charge on any atom is -0.406 e. The smallest absolute Gasteiger partial charge is 0.406 e. The van der Waals surface area contributed by atoms with Crippen LogP contribution >= 0.6 is 23.2 Å². The SMILES string of the molecule is N[C@@H](c1ccc(OC(F)(F)F)cc1)c1ccc(Cl)c(Cl)c1. The molecule has 0 aliphatic carbocycles. The van der Waals surface area contributed by atoms with Gasteiger partial charge in [-0.1, -0.05) is 41.4 Å². The number of ether oxygens (including phenoxy) is 1. The van der Waals surface area contributed by atoms with E-state index in [0.717, 1.165) is 0 Å². The van der Waals surface area contributed by atoms with Crippen molar-refractivity contribution in [2.24, 2.45) is 5.73 Å². The first-order valence-electron chi connectivity index (χ1n) is 5.82. The largest absolute Gasteiger partial charge is 0.573 e. The minimum atomic E-state index is -4.71. The first-order chi connectivity index (χ1) is 9.76. The van der Waals surface area contributed by atoms with Crippen LogP contribution in [0.2, 0.25) is 10.0 Å². The molecule has 0 saturated carbocycles. The zero-order chi connectivity index (χ0) is 15.6. The monoisotopic (exact) mass is 335 g/mol. The number of alkyl halides is 3. The van der Waals surface area contributed by atoms with Crippen LogP contribution in [0.15, 0.2) is 42.5 Å². The molecule has 0 spiro atoms. The summed E-state index contributed by atoms with van der Waals surface area (Å²) in [4.78, 5) is 0. The molecule has 0 radical (unpaired) electrons. The Morgan fingerprint density at radius 3 is 2.00 bits per heavy atom. The highest BCUT2D eigenvalue weighted by Crippen LogP contribution is 2.29. The Morgan fingerprint density at radius 1 is 0.905 bits per heavy atom. The Labute approximate surface area is 129 Å². The lowest BCUT2D eigenvalue weighted by atomic mass is 10.00. The second-order valence-corrected chi connectivity index (χ2v) is 5.08. The maximum Gasteiger partial charge on any atom is 0.573 e. The normalized spacial score (nSPS) is 13.0. The molecule has 2 nitrogen and oxygen atoms in total. The summed E-state index contributed by atoms with van der Waals surface area (Å²) in [6, 6.07) is 9.76. The molecule has 0 saturated heterocycles. The predicted molar refractivity (Wildman–Crippen MR) is 75.6 cm³/mol. The molecule has 2 aromatic rings. The van der Waals surface area contributed by atoms with Gasteiger partial charge in [-0.25, -0.2) is 0 Å². The highest BCUT2D eigenvalue weighted by atomic mass is 35.5. The van der Waals surface area contributed by atoms with Crippen molar-refractivity contribution in [1.29, 1.82) is 0 Å². The fourth-order valence-corrected chi connectivity index (χ4v) is 2.08. The molecule has 2 rings (SSSR count). The van der Waals surface area contributed by atoms with E-state index in [0.29, 0.717) is 21.2 Å². The standard InChI is InChI=1S/C14H10Cl2F3NO/c15-11-6-3-9(7-12(11)16)13(20)8-1-4-10(5-2-8)21-14(17,18)19/h1-7,13H,20H2/t13-/m0/s1. The van der Waals surface area contributed by atoms with E-state index in [1.807, 2.05) is 0 Å². The fourth-order valence-electron chi connectivity index (χ4n) is 1.78. The van der Waals surface area contributed by atoms with Crippen molar-refractivity contribution in [2.45, 2.75) is 12.4 Å². The maximum atomic E-state index is 12.1. The van der Waals surface area contributed by atoms with Crippen LogP contribution in [0, 0.1) is 0 Å². The van der Waals surface area contributed by atoms with Crippen molar-refractivity contribution < 1.29 is 17.9 Å². The van der Waals surface area contributed by atoms with E-state index in [4.69, 9.17) is 28.9 Å². The Hall–Kier alpha value is -1.43. The number of hydrogen-bond acceptors (Lipinski definition) is 2. The van der Waals surface area contributed by atoms with Gasteiger partial charge in [0.2, 0.25) is 0 Å². The van der Waals surface area contributed by atoms with Gasteiger partial charge in [0.05, 0.1) is 16.1 Å². The van der Waals surface area contributed by atoms with Crippen LogP contribution in [-0.2, 0) is 0 Å². The molecule has 0 fully saturated rings. The van der Waals surface area contributed by atoms with E-state index in [1.54, 1.807) is 18.2 Å². The molecule has 0 bridgehead atoms. The highest BCUT2D eigenvalue weighted by Gasteiger charge is 2.31. The molecule has 0 unspecified atom stereocenters. The first-order valence-corrected chi connectivity index (χ1v) is 6.58. The molecule has 2 aromatic carbocycles. The van der Waals surface area contributed by atoms with E-state index in [9.17, 15) is 13.2 Å². The third-order valence-corrected chi connectivity index (χ3v) is 3.51. The molecular formula is C14H10Cl2F3NO. The van der Waals surface area contributed by atoms with Crippen molar-refractivity contribution in [1.82, 2.24) is 0 Å². The summed E-state index contributed by atoms with van der Waals surface area (Å²) >= 11 is 11.7. The zero-order valence-corrected chi connectivity index (χ0v) is 12.0. The van der Waals surface area contributed by atoms with Gasteiger partial charge < -0.3 is 10.5 Å². The van der Waals surface area contributed by atoms with Crippen LogP contribution in [0.4, 0.5) is 13.2 Å². The molecular weight excluding hydrogens is 326 g/mol. The summed E-state index contributed by atoms with van der Waals surface area (Å²) in [5, 5.41) is 0.767.